The van der Waals surface area contributed by atoms with Gasteiger partial charge in [0.15, 0.2) is 5.16 Å². The van der Waals surface area contributed by atoms with Crippen LogP contribution < -0.4 is 5.56 Å². The average molecular weight is 277 g/mol. The molecule has 0 radical (unpaired) electrons. The van der Waals surface area contributed by atoms with Crippen molar-refractivity contribution in [1.82, 2.24) is 9.97 Å². The van der Waals surface area contributed by atoms with E-state index in [9.17, 15) is 4.79 Å². The van der Waals surface area contributed by atoms with E-state index < -0.39 is 0 Å². The third kappa shape index (κ3) is 3.84. The van der Waals surface area contributed by atoms with Crippen LogP contribution in [0.3, 0.4) is 0 Å². The van der Waals surface area contributed by atoms with E-state index >= 15 is 0 Å². The Hall–Kier alpha value is -0.290. The zero-order chi connectivity index (χ0) is 10.6. The number of hydrogen-bond acceptors (Lipinski definition) is 3. The number of aromatic nitrogens is 2. The molecule has 1 aromatic heterocycles. The summed E-state index contributed by atoms with van der Waals surface area (Å²) in [4.78, 5) is 17.7. The van der Waals surface area contributed by atoms with Crippen molar-refractivity contribution in [2.45, 2.75) is 19.0 Å². The Labute approximate surface area is 95.8 Å². The van der Waals surface area contributed by atoms with Crippen LogP contribution in [0.25, 0.3) is 0 Å². The number of halogens is 1. The van der Waals surface area contributed by atoms with E-state index in [1.165, 1.54) is 12.3 Å². The normalized spacial score (nSPS) is 11.6. The largest absolute Gasteiger partial charge is 0.301 e. The van der Waals surface area contributed by atoms with E-state index in [0.29, 0.717) is 5.16 Å². The molecule has 0 saturated carbocycles. The number of aromatic amines is 1. The molecule has 5 heteroatoms. The van der Waals surface area contributed by atoms with Gasteiger partial charge in [0.2, 0.25) is 0 Å². The molecule has 0 unspecified atom stereocenters. The summed E-state index contributed by atoms with van der Waals surface area (Å²) in [7, 11) is 0. The molecule has 1 N–H and O–H groups in total. The first kappa shape index (κ1) is 11.8. The van der Waals surface area contributed by atoms with Crippen LogP contribution in [0.1, 0.15) is 13.8 Å². The Morgan fingerprint density at radius 3 is 2.93 bits per heavy atom. The van der Waals surface area contributed by atoms with Gasteiger partial charge >= 0.3 is 0 Å². The molecular formula is C9H13BrN2OS. The number of H-pyrrole nitrogens is 1. The molecular weight excluding hydrogens is 264 g/mol. The summed E-state index contributed by atoms with van der Waals surface area (Å²) in [6.45, 7) is 4.32. The minimum atomic E-state index is -0.0980. The van der Waals surface area contributed by atoms with Gasteiger partial charge in [0.05, 0.1) is 0 Å². The SMILES string of the molecule is CC(C)(CBr)CSc1nccc(=O)[nH]1. The molecule has 1 aromatic rings. The first-order valence-corrected chi connectivity index (χ1v) is 6.38. The fourth-order valence-electron chi connectivity index (χ4n) is 0.728. The zero-order valence-electron chi connectivity index (χ0n) is 8.21. The fourth-order valence-corrected chi connectivity index (χ4v) is 2.13. The van der Waals surface area contributed by atoms with Gasteiger partial charge < -0.3 is 4.98 Å². The third-order valence-electron chi connectivity index (χ3n) is 1.61. The summed E-state index contributed by atoms with van der Waals surface area (Å²) in [5.74, 6) is 0.922. The Morgan fingerprint density at radius 2 is 2.36 bits per heavy atom. The highest BCUT2D eigenvalue weighted by molar-refractivity contribution is 9.09. The van der Waals surface area contributed by atoms with Crippen LogP contribution in [-0.2, 0) is 0 Å². The van der Waals surface area contributed by atoms with Crippen molar-refractivity contribution in [3.8, 4) is 0 Å². The van der Waals surface area contributed by atoms with Crippen molar-refractivity contribution in [2.24, 2.45) is 5.41 Å². The van der Waals surface area contributed by atoms with Gasteiger partial charge in [-0.2, -0.15) is 0 Å². The number of nitrogens with zero attached hydrogens (tertiary/aromatic N) is 1. The van der Waals surface area contributed by atoms with E-state index in [1.54, 1.807) is 11.8 Å². The topological polar surface area (TPSA) is 45.8 Å². The van der Waals surface area contributed by atoms with E-state index in [-0.39, 0.29) is 11.0 Å². The molecule has 14 heavy (non-hydrogen) atoms. The zero-order valence-corrected chi connectivity index (χ0v) is 10.6. The lowest BCUT2D eigenvalue weighted by Crippen LogP contribution is -2.17. The predicted octanol–water partition coefficient (Wildman–Crippen LogP) is 2.28. The van der Waals surface area contributed by atoms with Crippen molar-refractivity contribution in [3.05, 3.63) is 22.6 Å². The standard InChI is InChI=1S/C9H13BrN2OS/c1-9(2,5-10)6-14-8-11-4-3-7(13)12-8/h3-4H,5-6H2,1-2H3,(H,11,12,13). The highest BCUT2D eigenvalue weighted by Crippen LogP contribution is 2.26. The molecule has 0 bridgehead atoms. The average Bonchev–Trinajstić information content (AvgIpc) is 2.15. The molecule has 0 spiro atoms. The van der Waals surface area contributed by atoms with Crippen molar-refractivity contribution in [3.63, 3.8) is 0 Å². The molecule has 1 heterocycles. The van der Waals surface area contributed by atoms with E-state index in [2.05, 4.69) is 39.7 Å². The lowest BCUT2D eigenvalue weighted by Gasteiger charge is -2.19. The Morgan fingerprint density at radius 1 is 1.64 bits per heavy atom. The van der Waals surface area contributed by atoms with Gasteiger partial charge in [0, 0.05) is 23.3 Å². The second kappa shape index (κ2) is 4.98. The van der Waals surface area contributed by atoms with Gasteiger partial charge in [0.1, 0.15) is 0 Å². The van der Waals surface area contributed by atoms with Gasteiger partial charge in [0.25, 0.3) is 5.56 Å². The number of nitrogens with one attached hydrogen (secondary N) is 1. The lowest BCUT2D eigenvalue weighted by molar-refractivity contribution is 0.495. The van der Waals surface area contributed by atoms with Gasteiger partial charge in [-0.05, 0) is 5.41 Å². The molecule has 0 amide bonds. The first-order valence-electron chi connectivity index (χ1n) is 4.28. The molecule has 0 aromatic carbocycles. The van der Waals surface area contributed by atoms with E-state index in [1.807, 2.05) is 0 Å². The Balaban J connectivity index is 2.58. The highest BCUT2D eigenvalue weighted by Gasteiger charge is 2.16. The van der Waals surface area contributed by atoms with Crippen molar-refractivity contribution >= 4 is 27.7 Å². The quantitative estimate of drug-likeness (QED) is 0.522. The summed E-state index contributed by atoms with van der Waals surface area (Å²) in [5.41, 5.74) is 0.109. The monoisotopic (exact) mass is 276 g/mol. The van der Waals surface area contributed by atoms with E-state index in [4.69, 9.17) is 0 Å². The molecule has 0 atom stereocenters. The van der Waals surface area contributed by atoms with Gasteiger partial charge in [-0.1, -0.05) is 41.5 Å². The highest BCUT2D eigenvalue weighted by atomic mass is 79.9. The minimum Gasteiger partial charge on any atom is -0.301 e. The van der Waals surface area contributed by atoms with Crippen LogP contribution in [0.2, 0.25) is 0 Å². The first-order chi connectivity index (χ1) is 6.53. The Kier molecular flexibility index (Phi) is 4.19. The van der Waals surface area contributed by atoms with Gasteiger partial charge in [-0.25, -0.2) is 4.98 Å². The smallest absolute Gasteiger partial charge is 0.251 e. The maximum absolute atomic E-state index is 11.0. The maximum Gasteiger partial charge on any atom is 0.251 e. The Bertz CT molecular complexity index is 351. The molecule has 0 aliphatic rings. The fraction of sp³-hybridized carbons (Fsp3) is 0.556. The molecule has 0 fully saturated rings. The summed E-state index contributed by atoms with van der Waals surface area (Å²) in [5, 5.41) is 1.62. The second-order valence-electron chi connectivity index (χ2n) is 3.83. The van der Waals surface area contributed by atoms with Crippen LogP contribution in [0.15, 0.2) is 22.2 Å². The molecule has 0 saturated heterocycles. The predicted molar refractivity (Wildman–Crippen MR) is 63.2 cm³/mol. The van der Waals surface area contributed by atoms with Crippen LogP contribution in [0.5, 0.6) is 0 Å². The summed E-state index contributed by atoms with van der Waals surface area (Å²) in [6, 6.07) is 1.42. The molecule has 78 valence electrons. The number of rotatable bonds is 4. The number of hydrogen-bond donors (Lipinski definition) is 1. The van der Waals surface area contributed by atoms with E-state index in [0.717, 1.165) is 11.1 Å². The second-order valence-corrected chi connectivity index (χ2v) is 5.35. The van der Waals surface area contributed by atoms with Crippen molar-refractivity contribution < 1.29 is 0 Å². The molecule has 0 aliphatic heterocycles. The van der Waals surface area contributed by atoms with Crippen LogP contribution in [-0.4, -0.2) is 21.1 Å². The van der Waals surface area contributed by atoms with Gasteiger partial charge in [-0.15, -0.1) is 0 Å². The molecule has 3 nitrogen and oxygen atoms in total. The maximum atomic E-state index is 11.0. The van der Waals surface area contributed by atoms with Crippen LogP contribution in [0, 0.1) is 5.41 Å². The summed E-state index contributed by atoms with van der Waals surface area (Å²) in [6.07, 6.45) is 1.53. The molecule has 1 rings (SSSR count). The number of thioether (sulfide) groups is 1. The minimum absolute atomic E-state index is 0.0980. The van der Waals surface area contributed by atoms with Gasteiger partial charge in [-0.3, -0.25) is 4.79 Å². The lowest BCUT2D eigenvalue weighted by atomic mass is 10.0. The number of alkyl halides is 1. The van der Waals surface area contributed by atoms with Crippen molar-refractivity contribution in [2.75, 3.05) is 11.1 Å². The van der Waals surface area contributed by atoms with Crippen molar-refractivity contribution in [1.29, 1.82) is 0 Å². The third-order valence-corrected chi connectivity index (χ3v) is 4.53. The van der Waals surface area contributed by atoms with Crippen LogP contribution in [0.4, 0.5) is 0 Å². The molecule has 0 aliphatic carbocycles. The summed E-state index contributed by atoms with van der Waals surface area (Å²) >= 11 is 5.02. The summed E-state index contributed by atoms with van der Waals surface area (Å²) < 4.78 is 0. The van der Waals surface area contributed by atoms with Crippen LogP contribution >= 0.6 is 27.7 Å².